The minimum atomic E-state index is -0.691. The molecule has 0 unspecified atom stereocenters. The molecule has 5 nitrogen and oxygen atoms in total. The van der Waals surface area contributed by atoms with Crippen LogP contribution < -0.4 is 5.32 Å². The molecule has 1 aromatic rings. The van der Waals surface area contributed by atoms with Crippen molar-refractivity contribution in [2.24, 2.45) is 11.8 Å². The van der Waals surface area contributed by atoms with Gasteiger partial charge in [-0.25, -0.2) is 0 Å². The zero-order valence-corrected chi connectivity index (χ0v) is 11.4. The molecule has 5 heteroatoms. The summed E-state index contributed by atoms with van der Waals surface area (Å²) in [5, 5.41) is 11.9. The second-order valence-electron chi connectivity index (χ2n) is 5.40. The van der Waals surface area contributed by atoms with E-state index in [2.05, 4.69) is 10.3 Å². The predicted molar refractivity (Wildman–Crippen MR) is 74.0 cm³/mol. The summed E-state index contributed by atoms with van der Waals surface area (Å²) < 4.78 is 0. The molecule has 1 amide bonds. The summed E-state index contributed by atoms with van der Waals surface area (Å²) in [5.74, 6) is -0.483. The fraction of sp³-hybridized carbons (Fsp3) is 0.533. The summed E-state index contributed by atoms with van der Waals surface area (Å²) in [5.41, 5.74) is 0.902. The SMILES string of the molecule is O=C(Cc1cccnc1)NCC1CCC(C(=O)O)CC1. The van der Waals surface area contributed by atoms with Crippen molar-refractivity contribution >= 4 is 11.9 Å². The fourth-order valence-electron chi connectivity index (χ4n) is 2.62. The third kappa shape index (κ3) is 4.33. The number of amides is 1. The number of hydrogen-bond donors (Lipinski definition) is 2. The Hall–Kier alpha value is -1.91. The van der Waals surface area contributed by atoms with Crippen LogP contribution in [-0.2, 0) is 16.0 Å². The van der Waals surface area contributed by atoms with Crippen molar-refractivity contribution in [3.63, 3.8) is 0 Å². The first-order chi connectivity index (χ1) is 9.65. The van der Waals surface area contributed by atoms with Crippen LogP contribution in [0.4, 0.5) is 0 Å². The molecule has 2 rings (SSSR count). The Kier molecular flexibility index (Phi) is 5.09. The average molecular weight is 276 g/mol. The molecule has 0 radical (unpaired) electrons. The van der Waals surface area contributed by atoms with Crippen LogP contribution in [-0.4, -0.2) is 28.5 Å². The number of carbonyl (C=O) groups is 2. The lowest BCUT2D eigenvalue weighted by Crippen LogP contribution is -2.33. The smallest absolute Gasteiger partial charge is 0.306 e. The summed E-state index contributed by atoms with van der Waals surface area (Å²) in [7, 11) is 0. The van der Waals surface area contributed by atoms with Gasteiger partial charge in [0.25, 0.3) is 0 Å². The fourth-order valence-corrected chi connectivity index (χ4v) is 2.62. The topological polar surface area (TPSA) is 79.3 Å². The second kappa shape index (κ2) is 7.03. The van der Waals surface area contributed by atoms with Crippen LogP contribution in [0.25, 0.3) is 0 Å². The predicted octanol–water partition coefficient (Wildman–Crippen LogP) is 1.63. The Morgan fingerprint density at radius 1 is 1.30 bits per heavy atom. The maximum atomic E-state index is 11.8. The molecule has 0 aliphatic heterocycles. The van der Waals surface area contributed by atoms with Gasteiger partial charge in [-0.1, -0.05) is 6.07 Å². The van der Waals surface area contributed by atoms with E-state index in [-0.39, 0.29) is 11.8 Å². The summed E-state index contributed by atoms with van der Waals surface area (Å²) in [6.45, 7) is 0.644. The molecule has 0 aromatic carbocycles. The Balaban J connectivity index is 1.68. The highest BCUT2D eigenvalue weighted by Crippen LogP contribution is 2.28. The number of nitrogens with one attached hydrogen (secondary N) is 1. The van der Waals surface area contributed by atoms with Crippen LogP contribution in [0, 0.1) is 11.8 Å². The van der Waals surface area contributed by atoms with Gasteiger partial charge in [0.05, 0.1) is 12.3 Å². The third-order valence-electron chi connectivity index (χ3n) is 3.87. The lowest BCUT2D eigenvalue weighted by molar-refractivity contribution is -0.143. The Labute approximate surface area is 118 Å². The number of rotatable bonds is 5. The van der Waals surface area contributed by atoms with Crippen molar-refractivity contribution in [1.29, 1.82) is 0 Å². The Bertz CT molecular complexity index is 453. The van der Waals surface area contributed by atoms with Gasteiger partial charge in [0.2, 0.25) is 5.91 Å². The molecule has 1 aromatic heterocycles. The van der Waals surface area contributed by atoms with Crippen molar-refractivity contribution in [2.75, 3.05) is 6.54 Å². The van der Waals surface area contributed by atoms with Gasteiger partial charge in [0.1, 0.15) is 0 Å². The molecule has 1 heterocycles. The standard InChI is InChI=1S/C15H20N2O3/c18-14(8-12-2-1-7-16-9-12)17-10-11-3-5-13(6-4-11)15(19)20/h1-2,7,9,11,13H,3-6,8,10H2,(H,17,18)(H,19,20). The van der Waals surface area contributed by atoms with E-state index >= 15 is 0 Å². The van der Waals surface area contributed by atoms with Crippen LogP contribution in [0.15, 0.2) is 24.5 Å². The number of nitrogens with zero attached hydrogens (tertiary/aromatic N) is 1. The van der Waals surface area contributed by atoms with Gasteiger partial charge in [0.15, 0.2) is 0 Å². The van der Waals surface area contributed by atoms with Gasteiger partial charge in [-0.3, -0.25) is 14.6 Å². The quantitative estimate of drug-likeness (QED) is 0.856. The van der Waals surface area contributed by atoms with Gasteiger partial charge in [-0.2, -0.15) is 0 Å². The first-order valence-corrected chi connectivity index (χ1v) is 7.03. The first-order valence-electron chi connectivity index (χ1n) is 7.03. The maximum absolute atomic E-state index is 11.8. The largest absolute Gasteiger partial charge is 0.481 e. The zero-order chi connectivity index (χ0) is 14.4. The lowest BCUT2D eigenvalue weighted by atomic mass is 9.82. The van der Waals surface area contributed by atoms with Crippen molar-refractivity contribution in [2.45, 2.75) is 32.1 Å². The zero-order valence-electron chi connectivity index (χ0n) is 11.4. The number of aliphatic carboxylic acids is 1. The number of carboxylic acids is 1. The summed E-state index contributed by atoms with van der Waals surface area (Å²) in [6, 6.07) is 3.69. The highest BCUT2D eigenvalue weighted by atomic mass is 16.4. The second-order valence-corrected chi connectivity index (χ2v) is 5.40. The highest BCUT2D eigenvalue weighted by Gasteiger charge is 2.25. The average Bonchev–Trinajstić information content (AvgIpc) is 2.46. The van der Waals surface area contributed by atoms with Crippen LogP contribution >= 0.6 is 0 Å². The normalized spacial score (nSPS) is 22.2. The van der Waals surface area contributed by atoms with E-state index in [0.29, 0.717) is 18.9 Å². The van der Waals surface area contributed by atoms with E-state index in [4.69, 9.17) is 5.11 Å². The lowest BCUT2D eigenvalue weighted by Gasteiger charge is -2.26. The Morgan fingerprint density at radius 2 is 2.05 bits per heavy atom. The minimum absolute atomic E-state index is 0.00152. The molecule has 0 bridgehead atoms. The summed E-state index contributed by atoms with van der Waals surface area (Å²) >= 11 is 0. The monoisotopic (exact) mass is 276 g/mol. The van der Waals surface area contributed by atoms with Gasteiger partial charge in [0, 0.05) is 18.9 Å². The van der Waals surface area contributed by atoms with E-state index < -0.39 is 5.97 Å². The molecule has 2 N–H and O–H groups in total. The summed E-state index contributed by atoms with van der Waals surface area (Å²) in [4.78, 5) is 26.6. The molecule has 1 aliphatic rings. The van der Waals surface area contributed by atoms with E-state index in [9.17, 15) is 9.59 Å². The van der Waals surface area contributed by atoms with Crippen LogP contribution in [0.3, 0.4) is 0 Å². The van der Waals surface area contributed by atoms with Crippen LogP contribution in [0.5, 0.6) is 0 Å². The Morgan fingerprint density at radius 3 is 2.65 bits per heavy atom. The van der Waals surface area contributed by atoms with Gasteiger partial charge in [-0.15, -0.1) is 0 Å². The van der Waals surface area contributed by atoms with E-state index in [0.717, 1.165) is 31.2 Å². The molecule has 20 heavy (non-hydrogen) atoms. The van der Waals surface area contributed by atoms with Crippen molar-refractivity contribution in [3.8, 4) is 0 Å². The number of carboxylic acid groups (broad SMARTS) is 1. The summed E-state index contributed by atoms with van der Waals surface area (Å²) in [6.07, 6.45) is 6.92. The molecular formula is C15H20N2O3. The molecule has 1 saturated carbocycles. The van der Waals surface area contributed by atoms with Crippen molar-refractivity contribution < 1.29 is 14.7 Å². The number of pyridine rings is 1. The van der Waals surface area contributed by atoms with Crippen LogP contribution in [0.1, 0.15) is 31.2 Å². The van der Waals surface area contributed by atoms with Gasteiger partial charge < -0.3 is 10.4 Å². The van der Waals surface area contributed by atoms with Crippen LogP contribution in [0.2, 0.25) is 0 Å². The molecule has 0 spiro atoms. The molecule has 0 atom stereocenters. The van der Waals surface area contributed by atoms with E-state index in [1.807, 2.05) is 12.1 Å². The van der Waals surface area contributed by atoms with E-state index in [1.54, 1.807) is 12.4 Å². The molecule has 1 aliphatic carbocycles. The molecule has 108 valence electrons. The van der Waals surface area contributed by atoms with Crippen molar-refractivity contribution in [1.82, 2.24) is 10.3 Å². The number of aromatic nitrogens is 1. The first kappa shape index (κ1) is 14.5. The molecule has 0 saturated heterocycles. The van der Waals surface area contributed by atoms with Gasteiger partial charge in [-0.05, 0) is 43.2 Å². The van der Waals surface area contributed by atoms with Gasteiger partial charge >= 0.3 is 5.97 Å². The van der Waals surface area contributed by atoms with E-state index in [1.165, 1.54) is 0 Å². The highest BCUT2D eigenvalue weighted by molar-refractivity contribution is 5.78. The number of carbonyl (C=O) groups excluding carboxylic acids is 1. The minimum Gasteiger partial charge on any atom is -0.481 e. The number of hydrogen-bond acceptors (Lipinski definition) is 3. The molecular weight excluding hydrogens is 256 g/mol. The third-order valence-corrected chi connectivity index (χ3v) is 3.87. The maximum Gasteiger partial charge on any atom is 0.306 e. The molecule has 1 fully saturated rings. The van der Waals surface area contributed by atoms with Crippen molar-refractivity contribution in [3.05, 3.63) is 30.1 Å².